The van der Waals surface area contributed by atoms with E-state index in [0.29, 0.717) is 23.8 Å². The molecule has 0 aliphatic carbocycles. The highest BCUT2D eigenvalue weighted by Crippen LogP contribution is 2.21. The Kier molecular flexibility index (Phi) is 3.28. The Bertz CT molecular complexity index is 441. The van der Waals surface area contributed by atoms with E-state index in [2.05, 4.69) is 4.98 Å². The van der Waals surface area contributed by atoms with Gasteiger partial charge in [0.25, 0.3) is 5.91 Å². The second kappa shape index (κ2) is 4.71. The molecule has 6 heteroatoms. The predicted molar refractivity (Wildman–Crippen MR) is 60.9 cm³/mol. The molecule has 1 aliphatic heterocycles. The van der Waals surface area contributed by atoms with Crippen LogP contribution < -0.4 is 0 Å². The summed E-state index contributed by atoms with van der Waals surface area (Å²) in [6, 6.07) is 3.17. The molecule has 5 nitrogen and oxygen atoms in total. The van der Waals surface area contributed by atoms with Gasteiger partial charge in [-0.25, -0.2) is 4.98 Å². The van der Waals surface area contributed by atoms with Crippen molar-refractivity contribution in [3.05, 3.63) is 29.0 Å². The fourth-order valence-electron chi connectivity index (χ4n) is 1.78. The average molecular weight is 255 g/mol. The molecule has 1 N–H and O–H groups in total. The number of hydrogen-bond acceptors (Lipinski definition) is 3. The van der Waals surface area contributed by atoms with Crippen molar-refractivity contribution in [3.8, 4) is 0 Å². The van der Waals surface area contributed by atoms with Crippen LogP contribution in [0.4, 0.5) is 0 Å². The zero-order valence-electron chi connectivity index (χ0n) is 8.97. The Labute approximate surface area is 103 Å². The Morgan fingerprint density at radius 1 is 1.47 bits per heavy atom. The van der Waals surface area contributed by atoms with Crippen LogP contribution in [0.3, 0.4) is 0 Å². The zero-order chi connectivity index (χ0) is 12.4. The normalized spacial score (nSPS) is 15.5. The van der Waals surface area contributed by atoms with Gasteiger partial charge >= 0.3 is 5.97 Å². The van der Waals surface area contributed by atoms with Gasteiger partial charge in [0.05, 0.1) is 11.4 Å². The van der Waals surface area contributed by atoms with Crippen LogP contribution >= 0.6 is 11.6 Å². The zero-order valence-corrected chi connectivity index (χ0v) is 9.72. The number of amides is 1. The van der Waals surface area contributed by atoms with Crippen molar-refractivity contribution in [2.75, 3.05) is 13.1 Å². The minimum absolute atomic E-state index is 0.0590. The van der Waals surface area contributed by atoms with Gasteiger partial charge in [-0.05, 0) is 12.1 Å². The smallest absolute Gasteiger partial charge is 0.303 e. The molecule has 1 saturated heterocycles. The molecule has 1 aromatic heterocycles. The lowest BCUT2D eigenvalue weighted by atomic mass is 9.96. The molecule has 17 heavy (non-hydrogen) atoms. The van der Waals surface area contributed by atoms with Gasteiger partial charge < -0.3 is 10.0 Å². The number of carboxylic acids is 1. The van der Waals surface area contributed by atoms with E-state index in [9.17, 15) is 9.59 Å². The van der Waals surface area contributed by atoms with Crippen molar-refractivity contribution < 1.29 is 14.7 Å². The number of rotatable bonds is 3. The fraction of sp³-hybridized carbons (Fsp3) is 0.364. The standard InChI is InChI=1S/C11H11ClN2O3/c12-8-1-2-9(13-4-8)11(17)14-5-7(6-14)3-10(15)16/h1-2,4,7H,3,5-6H2,(H,15,16). The van der Waals surface area contributed by atoms with Crippen molar-refractivity contribution >= 4 is 23.5 Å². The molecule has 0 radical (unpaired) electrons. The maximum absolute atomic E-state index is 11.8. The van der Waals surface area contributed by atoms with E-state index in [1.54, 1.807) is 17.0 Å². The first-order valence-electron chi connectivity index (χ1n) is 5.19. The third kappa shape index (κ3) is 2.74. The number of aromatic nitrogens is 1. The highest BCUT2D eigenvalue weighted by Gasteiger charge is 2.32. The van der Waals surface area contributed by atoms with Gasteiger partial charge in [-0.1, -0.05) is 11.6 Å². The second-order valence-corrected chi connectivity index (χ2v) is 4.47. The van der Waals surface area contributed by atoms with Gasteiger partial charge in [0.15, 0.2) is 0 Å². The fourth-order valence-corrected chi connectivity index (χ4v) is 1.89. The third-order valence-electron chi connectivity index (χ3n) is 2.65. The van der Waals surface area contributed by atoms with Gasteiger partial charge in [-0.2, -0.15) is 0 Å². The summed E-state index contributed by atoms with van der Waals surface area (Å²) < 4.78 is 0. The number of aliphatic carboxylic acids is 1. The van der Waals surface area contributed by atoms with Crippen molar-refractivity contribution in [1.82, 2.24) is 9.88 Å². The lowest BCUT2D eigenvalue weighted by Crippen LogP contribution is -2.50. The molecule has 1 fully saturated rings. The number of carbonyl (C=O) groups is 2. The number of carbonyl (C=O) groups excluding carboxylic acids is 1. The quantitative estimate of drug-likeness (QED) is 0.882. The second-order valence-electron chi connectivity index (χ2n) is 4.04. The molecule has 2 rings (SSSR count). The van der Waals surface area contributed by atoms with Gasteiger partial charge in [-0.3, -0.25) is 9.59 Å². The highest BCUT2D eigenvalue weighted by molar-refractivity contribution is 6.30. The van der Waals surface area contributed by atoms with Crippen LogP contribution in [0, 0.1) is 5.92 Å². The van der Waals surface area contributed by atoms with E-state index in [4.69, 9.17) is 16.7 Å². The molecule has 1 aromatic rings. The van der Waals surface area contributed by atoms with Gasteiger partial charge in [-0.15, -0.1) is 0 Å². The first-order chi connectivity index (χ1) is 8.06. The van der Waals surface area contributed by atoms with E-state index in [1.165, 1.54) is 6.20 Å². The van der Waals surface area contributed by atoms with E-state index in [0.717, 1.165) is 0 Å². The van der Waals surface area contributed by atoms with Crippen molar-refractivity contribution in [1.29, 1.82) is 0 Å². The summed E-state index contributed by atoms with van der Waals surface area (Å²) in [4.78, 5) is 27.8. The molecule has 90 valence electrons. The number of likely N-dealkylation sites (tertiary alicyclic amines) is 1. The minimum atomic E-state index is -0.827. The Hall–Kier alpha value is -1.62. The van der Waals surface area contributed by atoms with Gasteiger partial charge in [0.2, 0.25) is 0 Å². The van der Waals surface area contributed by atoms with E-state index >= 15 is 0 Å². The molecule has 0 unspecified atom stereocenters. The van der Waals surface area contributed by atoms with Crippen LogP contribution in [0.25, 0.3) is 0 Å². The number of carboxylic acid groups (broad SMARTS) is 1. The van der Waals surface area contributed by atoms with Gasteiger partial charge in [0.1, 0.15) is 5.69 Å². The van der Waals surface area contributed by atoms with Crippen LogP contribution in [0.2, 0.25) is 5.02 Å². The van der Waals surface area contributed by atoms with E-state index < -0.39 is 5.97 Å². The molecule has 2 heterocycles. The van der Waals surface area contributed by atoms with Crippen molar-refractivity contribution in [2.45, 2.75) is 6.42 Å². The Balaban J connectivity index is 1.91. The number of pyridine rings is 1. The molecule has 0 saturated carbocycles. The lowest BCUT2D eigenvalue weighted by Gasteiger charge is -2.38. The highest BCUT2D eigenvalue weighted by atomic mass is 35.5. The van der Waals surface area contributed by atoms with Crippen LogP contribution in [-0.2, 0) is 4.79 Å². The lowest BCUT2D eigenvalue weighted by molar-refractivity contribution is -0.139. The Morgan fingerprint density at radius 3 is 2.71 bits per heavy atom. The summed E-state index contributed by atoms with van der Waals surface area (Å²) in [5, 5.41) is 9.07. The molecule has 1 amide bonds. The topological polar surface area (TPSA) is 70.5 Å². The molecule has 0 bridgehead atoms. The van der Waals surface area contributed by atoms with Crippen LogP contribution in [0.1, 0.15) is 16.9 Å². The monoisotopic (exact) mass is 254 g/mol. The van der Waals surface area contributed by atoms with Gasteiger partial charge in [0, 0.05) is 25.2 Å². The predicted octanol–water partition coefficient (Wildman–Crippen LogP) is 1.28. The summed E-state index contributed by atoms with van der Waals surface area (Å²) in [6.07, 6.45) is 1.53. The molecule has 0 aromatic carbocycles. The number of hydrogen-bond donors (Lipinski definition) is 1. The molecular weight excluding hydrogens is 244 g/mol. The number of halogens is 1. The Morgan fingerprint density at radius 2 is 2.18 bits per heavy atom. The van der Waals surface area contributed by atoms with Crippen LogP contribution in [0.15, 0.2) is 18.3 Å². The number of nitrogens with zero attached hydrogens (tertiary/aromatic N) is 2. The van der Waals surface area contributed by atoms with Crippen LogP contribution in [-0.4, -0.2) is 40.0 Å². The average Bonchev–Trinajstić information content (AvgIpc) is 2.23. The summed E-state index contributed by atoms with van der Waals surface area (Å²) >= 11 is 5.67. The molecule has 1 aliphatic rings. The summed E-state index contributed by atoms with van der Waals surface area (Å²) in [5.41, 5.74) is 0.336. The summed E-state index contributed by atoms with van der Waals surface area (Å²) in [7, 11) is 0. The first-order valence-corrected chi connectivity index (χ1v) is 5.56. The minimum Gasteiger partial charge on any atom is -0.481 e. The van der Waals surface area contributed by atoms with Crippen molar-refractivity contribution in [3.63, 3.8) is 0 Å². The molecular formula is C11H11ClN2O3. The maximum atomic E-state index is 11.8. The van der Waals surface area contributed by atoms with Crippen molar-refractivity contribution in [2.24, 2.45) is 5.92 Å². The summed E-state index contributed by atoms with van der Waals surface area (Å²) in [6.45, 7) is 0.963. The summed E-state index contributed by atoms with van der Waals surface area (Å²) in [5.74, 6) is -0.946. The van der Waals surface area contributed by atoms with Crippen LogP contribution in [0.5, 0.6) is 0 Å². The SMILES string of the molecule is O=C(O)CC1CN(C(=O)c2ccc(Cl)cn2)C1. The molecule has 0 spiro atoms. The molecule has 0 atom stereocenters. The maximum Gasteiger partial charge on any atom is 0.303 e. The van der Waals surface area contributed by atoms with E-state index in [-0.39, 0.29) is 18.2 Å². The first kappa shape index (κ1) is 11.9. The third-order valence-corrected chi connectivity index (χ3v) is 2.88. The largest absolute Gasteiger partial charge is 0.481 e. The van der Waals surface area contributed by atoms with E-state index in [1.807, 2.05) is 0 Å².